The van der Waals surface area contributed by atoms with Gasteiger partial charge in [0.2, 0.25) is 0 Å². The number of pyridine rings is 1. The minimum Gasteiger partial charge on any atom is -0.367 e. The van der Waals surface area contributed by atoms with E-state index in [1.54, 1.807) is 0 Å². The van der Waals surface area contributed by atoms with E-state index in [0.717, 1.165) is 45.7 Å². The Morgan fingerprint density at radius 3 is 1.91 bits per heavy atom. The monoisotopic (exact) mass is 866 g/mol. The van der Waals surface area contributed by atoms with Crippen molar-refractivity contribution in [3.8, 4) is 56.2 Å². The van der Waals surface area contributed by atoms with Crippen molar-refractivity contribution in [1.29, 1.82) is 0 Å². The van der Waals surface area contributed by atoms with Crippen LogP contribution in [0.15, 0.2) is 152 Å². The van der Waals surface area contributed by atoms with Crippen LogP contribution in [-0.4, -0.2) is 14.5 Å². The number of nitrogens with zero attached hydrogens (tertiary/aromatic N) is 3. The molecule has 8 rings (SSSR count). The summed E-state index contributed by atoms with van der Waals surface area (Å²) in [6.45, 7) is 8.79. The zero-order valence-corrected chi connectivity index (χ0v) is 33.3. The largest absolute Gasteiger partial charge is 0.367 e. The quantitative estimate of drug-likeness (QED) is 0.149. The van der Waals surface area contributed by atoms with E-state index in [2.05, 4.69) is 165 Å². The zero-order chi connectivity index (χ0) is 36.0. The van der Waals surface area contributed by atoms with Crippen LogP contribution in [0, 0.1) is 31.9 Å². The third kappa shape index (κ3) is 8.98. The van der Waals surface area contributed by atoms with Gasteiger partial charge >= 0.3 is 0 Å². The topological polar surface area (TPSA) is 30.7 Å². The van der Waals surface area contributed by atoms with Gasteiger partial charge in [0.25, 0.3) is 0 Å². The van der Waals surface area contributed by atoms with Crippen LogP contribution in [0.4, 0.5) is 0 Å². The van der Waals surface area contributed by atoms with Crippen molar-refractivity contribution in [2.24, 2.45) is 13.0 Å². The molecular formula is C49H43IrN3-2. The number of rotatable bonds is 7. The molecule has 0 amide bonds. The molecule has 6 aromatic carbocycles. The molecular weight excluding hydrogens is 823 g/mol. The molecule has 0 fully saturated rings. The van der Waals surface area contributed by atoms with Gasteiger partial charge in [-0.05, 0) is 70.5 Å². The Morgan fingerprint density at radius 1 is 0.566 bits per heavy atom. The molecule has 0 N–H and O–H groups in total. The van der Waals surface area contributed by atoms with Crippen LogP contribution in [0.3, 0.4) is 0 Å². The molecule has 1 radical (unpaired) electrons. The summed E-state index contributed by atoms with van der Waals surface area (Å²) in [7, 11) is 2.05. The third-order valence-corrected chi connectivity index (χ3v) is 9.31. The van der Waals surface area contributed by atoms with Gasteiger partial charge in [-0.25, -0.2) is 0 Å². The van der Waals surface area contributed by atoms with Gasteiger partial charge in [0.15, 0.2) is 0 Å². The fourth-order valence-electron chi connectivity index (χ4n) is 6.76. The maximum Gasteiger partial charge on any atom is 0.0587 e. The summed E-state index contributed by atoms with van der Waals surface area (Å²) in [5, 5.41) is 2.36. The fraction of sp³-hybridized carbons (Fsp3) is 0.143. The first kappa shape index (κ1) is 37.3. The van der Waals surface area contributed by atoms with Gasteiger partial charge in [0.05, 0.1) is 11.5 Å². The van der Waals surface area contributed by atoms with Crippen LogP contribution in [0.2, 0.25) is 0 Å². The van der Waals surface area contributed by atoms with Gasteiger partial charge in [0.1, 0.15) is 0 Å². The van der Waals surface area contributed by atoms with Crippen molar-refractivity contribution in [3.63, 3.8) is 0 Å². The predicted molar refractivity (Wildman–Crippen MR) is 218 cm³/mol. The molecule has 0 spiro atoms. The van der Waals surface area contributed by atoms with Crippen LogP contribution in [0.1, 0.15) is 30.5 Å². The maximum atomic E-state index is 4.63. The van der Waals surface area contributed by atoms with Crippen molar-refractivity contribution >= 4 is 10.8 Å². The molecule has 0 aliphatic rings. The Hall–Kier alpha value is -5.41. The molecule has 0 unspecified atom stereocenters. The number of aryl methyl sites for hydroxylation is 2. The van der Waals surface area contributed by atoms with E-state index in [1.807, 2.05) is 48.8 Å². The molecule has 0 aliphatic heterocycles. The minimum absolute atomic E-state index is 0. The molecule has 0 saturated carbocycles. The molecule has 3 nitrogen and oxygen atoms in total. The summed E-state index contributed by atoms with van der Waals surface area (Å²) in [4.78, 5) is 9.23. The van der Waals surface area contributed by atoms with Gasteiger partial charge in [-0.15, -0.1) is 71.3 Å². The van der Waals surface area contributed by atoms with Crippen LogP contribution in [-0.2, 0) is 33.6 Å². The van der Waals surface area contributed by atoms with Gasteiger partial charge < -0.3 is 9.55 Å². The number of hydrogen-bond acceptors (Lipinski definition) is 2. The molecule has 8 aromatic rings. The minimum atomic E-state index is 0. The number of aromatic nitrogens is 3. The van der Waals surface area contributed by atoms with Crippen LogP contribution >= 0.6 is 0 Å². The van der Waals surface area contributed by atoms with Crippen LogP contribution < -0.4 is 0 Å². The summed E-state index contributed by atoms with van der Waals surface area (Å²) >= 11 is 0. The molecule has 0 aliphatic carbocycles. The van der Waals surface area contributed by atoms with E-state index in [1.165, 1.54) is 44.3 Å². The van der Waals surface area contributed by atoms with E-state index in [9.17, 15) is 0 Å². The van der Waals surface area contributed by atoms with Gasteiger partial charge in [-0.2, -0.15) is 0 Å². The van der Waals surface area contributed by atoms with E-state index in [0.29, 0.717) is 5.92 Å². The summed E-state index contributed by atoms with van der Waals surface area (Å²) in [5.74, 6) is 1.61. The summed E-state index contributed by atoms with van der Waals surface area (Å²) < 4.78 is 2.12. The van der Waals surface area contributed by atoms with Crippen molar-refractivity contribution < 1.29 is 20.1 Å². The van der Waals surface area contributed by atoms with Gasteiger partial charge in [0, 0.05) is 39.5 Å². The normalized spacial score (nSPS) is 10.8. The van der Waals surface area contributed by atoms with E-state index in [-0.39, 0.29) is 20.1 Å². The smallest absolute Gasteiger partial charge is 0.0587 e. The first-order valence-corrected chi connectivity index (χ1v) is 17.9. The van der Waals surface area contributed by atoms with Crippen LogP contribution in [0.25, 0.3) is 66.9 Å². The molecule has 0 atom stereocenters. The molecule has 0 bridgehead atoms. The van der Waals surface area contributed by atoms with Crippen LogP contribution in [0.5, 0.6) is 0 Å². The number of fused-ring (bicyclic) bond motifs is 1. The van der Waals surface area contributed by atoms with E-state index >= 15 is 0 Å². The van der Waals surface area contributed by atoms with E-state index in [4.69, 9.17) is 0 Å². The molecule has 4 heteroatoms. The Labute approximate surface area is 327 Å². The Morgan fingerprint density at radius 2 is 1.21 bits per heavy atom. The average molecular weight is 866 g/mol. The van der Waals surface area contributed by atoms with Gasteiger partial charge in [-0.1, -0.05) is 122 Å². The molecule has 265 valence electrons. The van der Waals surface area contributed by atoms with Crippen molar-refractivity contribution in [3.05, 3.63) is 181 Å². The van der Waals surface area contributed by atoms with E-state index < -0.39 is 0 Å². The standard InChI is InChI=1S/C25H22N.C24H21N2.Ir/c1-18(2)14-19-10-12-20(13-11-19)21-8-5-9-23(15-21)25-16-22-6-3-4-7-24(22)17-26-25;1-17-13-18(2)15-22(14-17)19-9-11-20(12-10-19)23-16-25-24(26(23)3)21-7-5-4-6-8-21;/h3-8,10-13,15-18H,14H2,1-2H3;4-7,9-16H,1-3H3;/q2*-1;. The molecule has 2 aromatic heterocycles. The number of imidazole rings is 1. The predicted octanol–water partition coefficient (Wildman–Crippen LogP) is 12.4. The second-order valence-electron chi connectivity index (χ2n) is 14.0. The summed E-state index contributed by atoms with van der Waals surface area (Å²) in [6, 6.07) is 55.5. The second-order valence-corrected chi connectivity index (χ2v) is 14.0. The third-order valence-electron chi connectivity index (χ3n) is 9.31. The first-order valence-electron chi connectivity index (χ1n) is 17.9. The second kappa shape index (κ2) is 16.9. The van der Waals surface area contributed by atoms with Crippen molar-refractivity contribution in [1.82, 2.24) is 14.5 Å². The summed E-state index contributed by atoms with van der Waals surface area (Å²) in [5.41, 5.74) is 14.2. The Balaban J connectivity index is 0.000000178. The van der Waals surface area contributed by atoms with Crippen molar-refractivity contribution in [2.45, 2.75) is 34.1 Å². The fourth-order valence-corrected chi connectivity index (χ4v) is 6.76. The number of hydrogen-bond donors (Lipinski definition) is 0. The molecule has 53 heavy (non-hydrogen) atoms. The van der Waals surface area contributed by atoms with Gasteiger partial charge in [-0.3, -0.25) is 4.98 Å². The SMILES string of the molecule is CC(C)Cc1ccc(-c2cc[c-]c(-c3cc4ccccc4cn3)c2)cc1.Cc1cc(C)cc(-c2ccc(-c3cnc(-c4[c-]cccc4)n3C)cc2)c1.[Ir]. The number of benzene rings is 6. The summed E-state index contributed by atoms with van der Waals surface area (Å²) in [6.07, 6.45) is 4.99. The van der Waals surface area contributed by atoms with Crippen molar-refractivity contribution in [2.75, 3.05) is 0 Å². The maximum absolute atomic E-state index is 4.63. The average Bonchev–Trinajstić information content (AvgIpc) is 3.56. The zero-order valence-electron chi connectivity index (χ0n) is 30.9. The molecule has 0 saturated heterocycles. The Bertz CT molecular complexity index is 2400. The Kier molecular flexibility index (Phi) is 11.9. The molecule has 2 heterocycles. The first-order chi connectivity index (χ1) is 25.3.